The Morgan fingerprint density at radius 3 is 1.89 bits per heavy atom. The van der Waals surface area contributed by atoms with Crippen molar-refractivity contribution in [3.63, 3.8) is 0 Å². The van der Waals surface area contributed by atoms with Gasteiger partial charge in [0.2, 0.25) is 0 Å². The summed E-state index contributed by atoms with van der Waals surface area (Å²) in [6, 6.07) is 10.5. The summed E-state index contributed by atoms with van der Waals surface area (Å²) < 4.78 is 52.9. The monoisotopic (exact) mass is 382 g/mol. The van der Waals surface area contributed by atoms with Crippen LogP contribution in [0, 0.1) is 0 Å². The number of rotatable bonds is 7. The van der Waals surface area contributed by atoms with Crippen molar-refractivity contribution in [3.8, 4) is 17.2 Å². The molecule has 2 aromatic carbocycles. The number of halogens is 3. The van der Waals surface area contributed by atoms with E-state index in [4.69, 9.17) is 9.47 Å². The summed E-state index contributed by atoms with van der Waals surface area (Å²) in [5.74, 6) is -0.0582. The molecule has 0 aliphatic heterocycles. The number of esters is 1. The van der Waals surface area contributed by atoms with Crippen molar-refractivity contribution in [2.24, 2.45) is 0 Å². The Morgan fingerprint density at radius 2 is 1.41 bits per heavy atom. The highest BCUT2D eigenvalue weighted by Crippen LogP contribution is 2.31. The second-order valence-corrected chi connectivity index (χ2v) is 5.57. The van der Waals surface area contributed by atoms with Gasteiger partial charge < -0.3 is 14.2 Å². The molecule has 0 aliphatic carbocycles. The van der Waals surface area contributed by atoms with Gasteiger partial charge in [0.15, 0.2) is 11.9 Å². The fourth-order valence-corrected chi connectivity index (χ4v) is 2.06. The van der Waals surface area contributed by atoms with Gasteiger partial charge in [-0.05, 0) is 55.5 Å². The number of ketones is 1. The fourth-order valence-electron chi connectivity index (χ4n) is 2.06. The number of hydrogen-bond acceptors (Lipinski definition) is 5. The molecule has 0 fully saturated rings. The van der Waals surface area contributed by atoms with Gasteiger partial charge in [0.05, 0.1) is 12.7 Å². The summed E-state index contributed by atoms with van der Waals surface area (Å²) in [4.78, 5) is 22.9. The summed E-state index contributed by atoms with van der Waals surface area (Å²) >= 11 is 0. The standard InChI is InChI=1S/C19H17F3O5/c1-12(17(23)11-18(24)25-2)26-14-7-9-16(10-8-14)27-15-5-3-13(4-6-15)19(20,21)22/h3-10,12H,11H2,1-2H3/t12-/m1/s1. The molecule has 0 heterocycles. The Morgan fingerprint density at radius 1 is 0.926 bits per heavy atom. The highest BCUT2D eigenvalue weighted by atomic mass is 19.4. The lowest BCUT2D eigenvalue weighted by Crippen LogP contribution is -2.26. The van der Waals surface area contributed by atoms with Crippen LogP contribution in [-0.4, -0.2) is 25.0 Å². The van der Waals surface area contributed by atoms with Gasteiger partial charge in [-0.25, -0.2) is 0 Å². The van der Waals surface area contributed by atoms with Crippen molar-refractivity contribution in [3.05, 3.63) is 54.1 Å². The molecular weight excluding hydrogens is 365 g/mol. The molecular formula is C19H17F3O5. The Kier molecular flexibility index (Phi) is 6.44. The molecule has 0 unspecified atom stereocenters. The van der Waals surface area contributed by atoms with E-state index in [-0.39, 0.29) is 12.2 Å². The van der Waals surface area contributed by atoms with Crippen molar-refractivity contribution in [2.75, 3.05) is 7.11 Å². The summed E-state index contributed by atoms with van der Waals surface area (Å²) in [6.45, 7) is 1.51. The quantitative estimate of drug-likeness (QED) is 0.525. The van der Waals surface area contributed by atoms with Crippen molar-refractivity contribution in [1.82, 2.24) is 0 Å². The van der Waals surface area contributed by atoms with Gasteiger partial charge in [-0.15, -0.1) is 0 Å². The SMILES string of the molecule is COC(=O)CC(=O)[C@@H](C)Oc1ccc(Oc2ccc(C(F)(F)F)cc2)cc1. The van der Waals surface area contributed by atoms with E-state index in [0.29, 0.717) is 11.5 Å². The normalized spacial score (nSPS) is 12.2. The third-order valence-electron chi connectivity index (χ3n) is 3.55. The first-order valence-electron chi connectivity index (χ1n) is 7.90. The molecule has 144 valence electrons. The Bertz CT molecular complexity index is 782. The number of carbonyl (C=O) groups excluding carboxylic acids is 2. The Balaban J connectivity index is 1.95. The lowest BCUT2D eigenvalue weighted by atomic mass is 10.2. The van der Waals surface area contributed by atoms with E-state index in [2.05, 4.69) is 4.74 Å². The van der Waals surface area contributed by atoms with E-state index < -0.39 is 29.6 Å². The van der Waals surface area contributed by atoms with Crippen molar-refractivity contribution >= 4 is 11.8 Å². The molecule has 2 aromatic rings. The van der Waals surface area contributed by atoms with Crippen molar-refractivity contribution in [1.29, 1.82) is 0 Å². The van der Waals surface area contributed by atoms with Crippen LogP contribution in [0.2, 0.25) is 0 Å². The predicted octanol–water partition coefficient (Wildman–Crippen LogP) is 4.40. The second kappa shape index (κ2) is 8.57. The Hall–Kier alpha value is -3.03. The van der Waals surface area contributed by atoms with Crippen LogP contribution in [0.5, 0.6) is 17.2 Å². The fraction of sp³-hybridized carbons (Fsp3) is 0.263. The van der Waals surface area contributed by atoms with Crippen LogP contribution in [0.4, 0.5) is 13.2 Å². The number of benzene rings is 2. The summed E-state index contributed by atoms with van der Waals surface area (Å²) in [6.07, 6.45) is -5.63. The average molecular weight is 382 g/mol. The van der Waals surface area contributed by atoms with Crippen LogP contribution in [0.3, 0.4) is 0 Å². The van der Waals surface area contributed by atoms with Gasteiger partial charge in [-0.1, -0.05) is 0 Å². The van der Waals surface area contributed by atoms with Gasteiger partial charge in [-0.2, -0.15) is 13.2 Å². The Labute approximate surface area is 153 Å². The van der Waals surface area contributed by atoms with Crippen molar-refractivity contribution < 1.29 is 37.0 Å². The summed E-state index contributed by atoms with van der Waals surface area (Å²) in [7, 11) is 1.19. The first kappa shape index (κ1) is 20.3. The second-order valence-electron chi connectivity index (χ2n) is 5.57. The number of methoxy groups -OCH3 is 1. The molecule has 8 heteroatoms. The molecule has 0 radical (unpaired) electrons. The van der Waals surface area contributed by atoms with Gasteiger partial charge in [0.25, 0.3) is 0 Å². The molecule has 0 aliphatic rings. The first-order chi connectivity index (χ1) is 12.7. The van der Waals surface area contributed by atoms with E-state index >= 15 is 0 Å². The van der Waals surface area contributed by atoms with Crippen LogP contribution in [-0.2, 0) is 20.5 Å². The van der Waals surface area contributed by atoms with Gasteiger partial charge in [-0.3, -0.25) is 9.59 Å². The highest BCUT2D eigenvalue weighted by molar-refractivity contribution is 5.97. The van der Waals surface area contributed by atoms with Crippen LogP contribution in [0.25, 0.3) is 0 Å². The maximum atomic E-state index is 12.5. The predicted molar refractivity (Wildman–Crippen MR) is 89.7 cm³/mol. The third-order valence-corrected chi connectivity index (χ3v) is 3.55. The molecule has 0 amide bonds. The van der Waals surface area contributed by atoms with Crippen LogP contribution in [0.15, 0.2) is 48.5 Å². The van der Waals surface area contributed by atoms with Crippen LogP contribution < -0.4 is 9.47 Å². The van der Waals surface area contributed by atoms with E-state index in [0.717, 1.165) is 12.1 Å². The molecule has 0 spiro atoms. The zero-order valence-corrected chi connectivity index (χ0v) is 14.6. The number of hydrogen-bond donors (Lipinski definition) is 0. The van der Waals surface area contributed by atoms with E-state index in [1.54, 1.807) is 24.3 Å². The smallest absolute Gasteiger partial charge is 0.416 e. The minimum Gasteiger partial charge on any atom is -0.483 e. The molecule has 1 atom stereocenters. The largest absolute Gasteiger partial charge is 0.483 e. The molecule has 0 bridgehead atoms. The minimum atomic E-state index is -4.40. The lowest BCUT2D eigenvalue weighted by Gasteiger charge is -2.14. The van der Waals surface area contributed by atoms with Crippen molar-refractivity contribution in [2.45, 2.75) is 25.6 Å². The van der Waals surface area contributed by atoms with Gasteiger partial charge >= 0.3 is 12.1 Å². The number of carbonyl (C=O) groups is 2. The maximum Gasteiger partial charge on any atom is 0.416 e. The first-order valence-corrected chi connectivity index (χ1v) is 7.90. The lowest BCUT2D eigenvalue weighted by molar-refractivity contribution is -0.145. The zero-order valence-electron chi connectivity index (χ0n) is 14.6. The van der Waals surface area contributed by atoms with Crippen LogP contribution in [0.1, 0.15) is 18.9 Å². The zero-order chi connectivity index (χ0) is 20.0. The number of alkyl halides is 3. The topological polar surface area (TPSA) is 61.8 Å². The van der Waals surface area contributed by atoms with Gasteiger partial charge in [0, 0.05) is 0 Å². The summed E-state index contributed by atoms with van der Waals surface area (Å²) in [5.41, 5.74) is -0.760. The van der Waals surface area contributed by atoms with E-state index in [9.17, 15) is 22.8 Å². The molecule has 0 N–H and O–H groups in total. The minimum absolute atomic E-state index is 0.248. The highest BCUT2D eigenvalue weighted by Gasteiger charge is 2.30. The van der Waals surface area contributed by atoms with E-state index in [1.807, 2.05) is 0 Å². The molecule has 2 rings (SSSR count). The maximum absolute atomic E-state index is 12.5. The average Bonchev–Trinajstić information content (AvgIpc) is 2.62. The third kappa shape index (κ3) is 6.02. The molecule has 0 saturated carbocycles. The molecule has 0 aromatic heterocycles. The molecule has 0 saturated heterocycles. The molecule has 27 heavy (non-hydrogen) atoms. The van der Waals surface area contributed by atoms with Gasteiger partial charge in [0.1, 0.15) is 23.7 Å². The van der Waals surface area contributed by atoms with Crippen LogP contribution >= 0.6 is 0 Å². The summed E-state index contributed by atoms with van der Waals surface area (Å²) in [5, 5.41) is 0. The number of ether oxygens (including phenoxy) is 3. The molecule has 5 nitrogen and oxygen atoms in total. The number of Topliss-reactive ketones (excluding diaryl/α,β-unsaturated/α-hetero) is 1. The van der Waals surface area contributed by atoms with E-state index in [1.165, 1.54) is 26.2 Å².